The van der Waals surface area contributed by atoms with Gasteiger partial charge in [-0.1, -0.05) is 15.9 Å². The van der Waals surface area contributed by atoms with Crippen LogP contribution < -0.4 is 14.2 Å². The van der Waals surface area contributed by atoms with Crippen molar-refractivity contribution in [1.29, 1.82) is 0 Å². The van der Waals surface area contributed by atoms with E-state index in [0.717, 1.165) is 24.3 Å². The van der Waals surface area contributed by atoms with Crippen LogP contribution in [0.25, 0.3) is 0 Å². The van der Waals surface area contributed by atoms with Crippen molar-refractivity contribution in [1.82, 2.24) is 0 Å². The molecule has 0 fully saturated rings. The zero-order chi connectivity index (χ0) is 18.4. The molecule has 2 aromatic carbocycles. The van der Waals surface area contributed by atoms with E-state index in [0.29, 0.717) is 0 Å². The van der Waals surface area contributed by atoms with Gasteiger partial charge in [-0.15, -0.1) is 8.78 Å². The third kappa shape index (κ3) is 3.55. The van der Waals surface area contributed by atoms with Crippen LogP contribution in [0.1, 0.15) is 17.3 Å². The van der Waals surface area contributed by atoms with Gasteiger partial charge in [0.1, 0.15) is 0 Å². The maximum Gasteiger partial charge on any atom is 0.586 e. The van der Waals surface area contributed by atoms with Gasteiger partial charge in [0.15, 0.2) is 35.0 Å². The van der Waals surface area contributed by atoms with Gasteiger partial charge in [0, 0.05) is 10.0 Å². The Bertz CT molecular complexity index is 833. The summed E-state index contributed by atoms with van der Waals surface area (Å²) in [5.41, 5.74) is -0.0366. The summed E-state index contributed by atoms with van der Waals surface area (Å²) in [5, 5.41) is 0. The Hall–Kier alpha value is -2.29. The number of ether oxygens (including phenoxy) is 3. The summed E-state index contributed by atoms with van der Waals surface area (Å²) in [7, 11) is 0. The lowest BCUT2D eigenvalue weighted by Gasteiger charge is -2.15. The molecule has 0 saturated heterocycles. The molecule has 1 aliphatic heterocycles. The molecule has 0 amide bonds. The fourth-order valence-electron chi connectivity index (χ4n) is 2.21. The molecule has 0 N–H and O–H groups in total. The van der Waals surface area contributed by atoms with Crippen LogP contribution in [0.3, 0.4) is 0 Å². The number of halogens is 5. The van der Waals surface area contributed by atoms with E-state index < -0.39 is 35.6 Å². The molecule has 4 nitrogen and oxygen atoms in total. The summed E-state index contributed by atoms with van der Waals surface area (Å²) in [5.74, 6) is -3.91. The number of alkyl halides is 2. The molecule has 1 atom stereocenters. The largest absolute Gasteiger partial charge is 0.586 e. The monoisotopic (exact) mass is 420 g/mol. The molecular weight excluding hydrogens is 412 g/mol. The lowest BCUT2D eigenvalue weighted by molar-refractivity contribution is -0.286. The van der Waals surface area contributed by atoms with Gasteiger partial charge >= 0.3 is 6.29 Å². The molecule has 3 rings (SSSR count). The maximum atomic E-state index is 13.8. The highest BCUT2D eigenvalue weighted by molar-refractivity contribution is 9.10. The second-order valence-electron chi connectivity index (χ2n) is 5.15. The second-order valence-corrected chi connectivity index (χ2v) is 6.07. The molecule has 9 heteroatoms. The third-order valence-electron chi connectivity index (χ3n) is 3.31. The first-order valence-electron chi connectivity index (χ1n) is 6.91. The third-order valence-corrected chi connectivity index (χ3v) is 3.77. The SMILES string of the molecule is CC(Oc1c(F)cc(Br)cc1F)C(=O)c1ccc2c(c1)OC(F)(F)O2. The van der Waals surface area contributed by atoms with Crippen LogP contribution in [0, 0.1) is 11.6 Å². The van der Waals surface area contributed by atoms with Crippen LogP contribution in [0.2, 0.25) is 0 Å². The smallest absolute Gasteiger partial charge is 0.476 e. The number of carbonyl (C=O) groups excluding carboxylic acids is 1. The first-order valence-corrected chi connectivity index (χ1v) is 7.71. The predicted octanol–water partition coefficient (Wildman–Crippen LogP) is 4.70. The van der Waals surface area contributed by atoms with Crippen LogP contribution in [-0.2, 0) is 0 Å². The highest BCUT2D eigenvalue weighted by Gasteiger charge is 2.43. The van der Waals surface area contributed by atoms with Gasteiger partial charge in [-0.05, 0) is 37.3 Å². The minimum Gasteiger partial charge on any atom is -0.476 e. The molecule has 1 heterocycles. The molecular formula is C16H9BrF4O4. The van der Waals surface area contributed by atoms with Gasteiger partial charge < -0.3 is 14.2 Å². The Morgan fingerprint density at radius 1 is 1.12 bits per heavy atom. The minimum atomic E-state index is -3.81. The number of ketones is 1. The molecule has 0 aliphatic carbocycles. The molecule has 2 aromatic rings. The highest BCUT2D eigenvalue weighted by Crippen LogP contribution is 2.41. The Morgan fingerprint density at radius 3 is 2.36 bits per heavy atom. The van der Waals surface area contributed by atoms with Crippen molar-refractivity contribution < 1.29 is 36.6 Å². The van der Waals surface area contributed by atoms with Gasteiger partial charge in [0.25, 0.3) is 0 Å². The van der Waals surface area contributed by atoms with Gasteiger partial charge in [-0.25, -0.2) is 8.78 Å². The molecule has 0 aromatic heterocycles. The summed E-state index contributed by atoms with van der Waals surface area (Å²) in [6.07, 6.45) is -5.08. The summed E-state index contributed by atoms with van der Waals surface area (Å²) in [4.78, 5) is 12.3. The number of rotatable bonds is 4. The number of benzene rings is 2. The number of hydrogen-bond acceptors (Lipinski definition) is 4. The van der Waals surface area contributed by atoms with Crippen molar-refractivity contribution in [2.45, 2.75) is 19.3 Å². The molecule has 0 bridgehead atoms. The molecule has 0 saturated carbocycles. The van der Waals surface area contributed by atoms with E-state index in [2.05, 4.69) is 25.4 Å². The zero-order valence-electron chi connectivity index (χ0n) is 12.5. The van der Waals surface area contributed by atoms with Crippen LogP contribution in [0.5, 0.6) is 17.2 Å². The van der Waals surface area contributed by atoms with Crippen molar-refractivity contribution in [3.63, 3.8) is 0 Å². The predicted molar refractivity (Wildman–Crippen MR) is 81.1 cm³/mol. The summed E-state index contributed by atoms with van der Waals surface area (Å²) in [6, 6.07) is 5.38. The average molecular weight is 421 g/mol. The molecule has 25 heavy (non-hydrogen) atoms. The van der Waals surface area contributed by atoms with Crippen molar-refractivity contribution in [2.24, 2.45) is 0 Å². The number of Topliss-reactive ketones (excluding diaryl/α,β-unsaturated/α-hetero) is 1. The Labute approximate surface area is 147 Å². The van der Waals surface area contributed by atoms with Crippen molar-refractivity contribution in [3.8, 4) is 17.2 Å². The fourth-order valence-corrected chi connectivity index (χ4v) is 2.61. The summed E-state index contributed by atoms with van der Waals surface area (Å²) >= 11 is 2.93. The van der Waals surface area contributed by atoms with E-state index in [1.54, 1.807) is 0 Å². The normalized spacial score (nSPS) is 15.8. The van der Waals surface area contributed by atoms with E-state index in [1.807, 2.05) is 0 Å². The molecule has 1 unspecified atom stereocenters. The Kier molecular flexibility index (Phi) is 4.36. The van der Waals surface area contributed by atoms with Gasteiger partial charge in [0.05, 0.1) is 0 Å². The van der Waals surface area contributed by atoms with Crippen LogP contribution in [-0.4, -0.2) is 18.2 Å². The highest BCUT2D eigenvalue weighted by atomic mass is 79.9. The van der Waals surface area contributed by atoms with E-state index in [-0.39, 0.29) is 21.5 Å². The fraction of sp³-hybridized carbons (Fsp3) is 0.188. The van der Waals surface area contributed by atoms with Gasteiger partial charge in [-0.2, -0.15) is 0 Å². The minimum absolute atomic E-state index is 0.0366. The maximum absolute atomic E-state index is 13.8. The first-order chi connectivity index (χ1) is 11.7. The Morgan fingerprint density at radius 2 is 1.72 bits per heavy atom. The summed E-state index contributed by atoms with van der Waals surface area (Å²) < 4.78 is 67.3. The van der Waals surface area contributed by atoms with Crippen LogP contribution in [0.15, 0.2) is 34.8 Å². The first kappa shape index (κ1) is 17.5. The summed E-state index contributed by atoms with van der Waals surface area (Å²) in [6.45, 7) is 1.28. The van der Waals surface area contributed by atoms with E-state index >= 15 is 0 Å². The van der Waals surface area contributed by atoms with E-state index in [9.17, 15) is 22.4 Å². The Balaban J connectivity index is 1.80. The number of carbonyl (C=O) groups is 1. The average Bonchev–Trinajstić information content (AvgIpc) is 2.82. The van der Waals surface area contributed by atoms with Crippen molar-refractivity contribution in [2.75, 3.05) is 0 Å². The van der Waals surface area contributed by atoms with Crippen molar-refractivity contribution >= 4 is 21.7 Å². The lowest BCUT2D eigenvalue weighted by atomic mass is 10.1. The molecule has 132 valence electrons. The van der Waals surface area contributed by atoms with Crippen LogP contribution >= 0.6 is 15.9 Å². The number of hydrogen-bond donors (Lipinski definition) is 0. The quantitative estimate of drug-likeness (QED) is 0.531. The van der Waals surface area contributed by atoms with Crippen LogP contribution in [0.4, 0.5) is 17.6 Å². The number of fused-ring (bicyclic) bond motifs is 1. The van der Waals surface area contributed by atoms with Gasteiger partial charge in [0.2, 0.25) is 5.78 Å². The molecule has 0 radical (unpaired) electrons. The lowest BCUT2D eigenvalue weighted by Crippen LogP contribution is -2.26. The van der Waals surface area contributed by atoms with E-state index in [4.69, 9.17) is 4.74 Å². The standard InChI is InChI=1S/C16H9BrF4O4/c1-7(23-15-10(18)5-9(17)6-11(15)19)14(22)8-2-3-12-13(4-8)25-16(20,21)24-12/h2-7H,1H3. The molecule has 1 aliphatic rings. The van der Waals surface area contributed by atoms with Crippen molar-refractivity contribution in [3.05, 3.63) is 52.0 Å². The van der Waals surface area contributed by atoms with Gasteiger partial charge in [-0.3, -0.25) is 4.79 Å². The molecule has 0 spiro atoms. The second kappa shape index (κ2) is 6.21. The zero-order valence-corrected chi connectivity index (χ0v) is 14.1. The topological polar surface area (TPSA) is 44.8 Å². The van der Waals surface area contributed by atoms with E-state index in [1.165, 1.54) is 13.0 Å².